The Labute approximate surface area is 72.3 Å². The lowest BCUT2D eigenvalue weighted by atomic mass is 10.1. The van der Waals surface area contributed by atoms with Gasteiger partial charge in [-0.15, -0.1) is 13.2 Å². The molecule has 64 valence electrons. The van der Waals surface area contributed by atoms with E-state index in [0.29, 0.717) is 18.3 Å². The van der Waals surface area contributed by atoms with Gasteiger partial charge < -0.3 is 0 Å². The number of allylic oxidation sites excluding steroid dienone is 4. The van der Waals surface area contributed by atoms with Crippen LogP contribution in [0, 0.1) is 0 Å². The van der Waals surface area contributed by atoms with E-state index in [4.69, 9.17) is 0 Å². The van der Waals surface area contributed by atoms with Crippen molar-refractivity contribution in [3.05, 3.63) is 37.0 Å². The van der Waals surface area contributed by atoms with Crippen LogP contribution in [0.25, 0.3) is 0 Å². The Morgan fingerprint density at radius 2 is 1.75 bits per heavy atom. The van der Waals surface area contributed by atoms with E-state index in [2.05, 4.69) is 13.2 Å². The van der Waals surface area contributed by atoms with Crippen molar-refractivity contribution in [2.75, 3.05) is 0 Å². The molecule has 2 nitrogen and oxygen atoms in total. The van der Waals surface area contributed by atoms with Crippen LogP contribution in [0.15, 0.2) is 37.0 Å². The maximum Gasteiger partial charge on any atom is 0.163 e. The van der Waals surface area contributed by atoms with Crippen LogP contribution in [-0.4, -0.2) is 12.1 Å². The predicted molar refractivity (Wildman–Crippen MR) is 48.8 cm³/mol. The van der Waals surface area contributed by atoms with Crippen molar-refractivity contribution < 1.29 is 9.59 Å². The zero-order valence-electron chi connectivity index (χ0n) is 6.95. The van der Waals surface area contributed by atoms with Crippen molar-refractivity contribution >= 4 is 12.1 Å². The number of carbonyl (C=O) groups is 2. The van der Waals surface area contributed by atoms with Gasteiger partial charge in [-0.05, 0) is 12.5 Å². The molecular formula is C10H12O2. The molecule has 0 aliphatic carbocycles. The molecule has 0 fully saturated rings. The highest BCUT2D eigenvalue weighted by Crippen LogP contribution is 2.05. The fraction of sp³-hybridized carbons (Fsp3) is 0.200. The van der Waals surface area contributed by atoms with E-state index in [1.165, 1.54) is 12.2 Å². The summed E-state index contributed by atoms with van der Waals surface area (Å²) in [6.45, 7) is 6.93. The summed E-state index contributed by atoms with van der Waals surface area (Å²) in [6.07, 6.45) is 5.70. The third-order valence-corrected chi connectivity index (χ3v) is 1.32. The maximum absolute atomic E-state index is 11.2. The number of Topliss-reactive ketones (excluding diaryl/α,β-unsaturated/α-hetero) is 1. The number of aldehydes is 1. The van der Waals surface area contributed by atoms with Gasteiger partial charge >= 0.3 is 0 Å². The number of rotatable bonds is 6. The molecule has 0 saturated carbocycles. The highest BCUT2D eigenvalue weighted by atomic mass is 16.1. The Hall–Kier alpha value is -1.44. The highest BCUT2D eigenvalue weighted by molar-refractivity contribution is 5.99. The second-order valence-corrected chi connectivity index (χ2v) is 2.24. The van der Waals surface area contributed by atoms with Crippen molar-refractivity contribution in [1.29, 1.82) is 0 Å². The molecule has 0 aliphatic rings. The third kappa shape index (κ3) is 3.66. The molecule has 0 bridgehead atoms. The van der Waals surface area contributed by atoms with Crippen LogP contribution in [0.2, 0.25) is 0 Å². The third-order valence-electron chi connectivity index (χ3n) is 1.32. The lowest BCUT2D eigenvalue weighted by Gasteiger charge is -1.98. The molecule has 0 N–H and O–H groups in total. The van der Waals surface area contributed by atoms with Gasteiger partial charge in [-0.3, -0.25) is 9.59 Å². The quantitative estimate of drug-likeness (QED) is 0.341. The van der Waals surface area contributed by atoms with Gasteiger partial charge in [0.2, 0.25) is 0 Å². The standard InChI is InChI=1S/C10H12O2/c1-3-5-9(7-8-11)10(12)6-4-2/h3-4,7-8H,1-2,5-6H2. The Morgan fingerprint density at radius 3 is 2.17 bits per heavy atom. The van der Waals surface area contributed by atoms with Crippen molar-refractivity contribution in [2.24, 2.45) is 0 Å². The van der Waals surface area contributed by atoms with Crippen molar-refractivity contribution in [3.8, 4) is 0 Å². The lowest BCUT2D eigenvalue weighted by Crippen LogP contribution is -2.00. The first kappa shape index (κ1) is 10.6. The normalized spacial score (nSPS) is 10.5. The van der Waals surface area contributed by atoms with Gasteiger partial charge in [-0.2, -0.15) is 0 Å². The first-order chi connectivity index (χ1) is 5.76. The van der Waals surface area contributed by atoms with Crippen LogP contribution in [0.5, 0.6) is 0 Å². The Balaban J connectivity index is 4.38. The minimum Gasteiger partial charge on any atom is -0.299 e. The van der Waals surface area contributed by atoms with E-state index in [1.807, 2.05) is 0 Å². The second-order valence-electron chi connectivity index (χ2n) is 2.24. The van der Waals surface area contributed by atoms with Crippen LogP contribution in [0.1, 0.15) is 12.8 Å². The predicted octanol–water partition coefficient (Wildman–Crippen LogP) is 1.83. The monoisotopic (exact) mass is 164 g/mol. The molecule has 0 aromatic carbocycles. The van der Waals surface area contributed by atoms with Gasteiger partial charge in [0.25, 0.3) is 0 Å². The minimum atomic E-state index is -0.0722. The van der Waals surface area contributed by atoms with Crippen LogP contribution in [0.3, 0.4) is 0 Å². The zero-order valence-corrected chi connectivity index (χ0v) is 6.95. The summed E-state index contributed by atoms with van der Waals surface area (Å²) in [4.78, 5) is 21.3. The van der Waals surface area contributed by atoms with E-state index in [9.17, 15) is 9.59 Å². The SMILES string of the molecule is C=CCC(=O)C(=CC=O)CC=C. The minimum absolute atomic E-state index is 0.0722. The van der Waals surface area contributed by atoms with Gasteiger partial charge in [-0.1, -0.05) is 12.2 Å². The molecular weight excluding hydrogens is 152 g/mol. The summed E-state index contributed by atoms with van der Waals surface area (Å²) in [5.41, 5.74) is 0.486. The van der Waals surface area contributed by atoms with E-state index in [0.717, 1.165) is 0 Å². The molecule has 0 atom stereocenters. The molecule has 0 aromatic rings. The molecule has 0 saturated heterocycles. The number of carbonyl (C=O) groups excluding carboxylic acids is 2. The molecule has 0 spiro atoms. The largest absolute Gasteiger partial charge is 0.299 e. The highest BCUT2D eigenvalue weighted by Gasteiger charge is 2.04. The Bertz CT molecular complexity index is 224. The van der Waals surface area contributed by atoms with E-state index in [-0.39, 0.29) is 12.2 Å². The van der Waals surface area contributed by atoms with Crippen LogP contribution in [-0.2, 0) is 9.59 Å². The van der Waals surface area contributed by atoms with Crippen molar-refractivity contribution in [1.82, 2.24) is 0 Å². The summed E-state index contributed by atoms with van der Waals surface area (Å²) < 4.78 is 0. The fourth-order valence-electron chi connectivity index (χ4n) is 0.775. The number of ketones is 1. The Morgan fingerprint density at radius 1 is 1.17 bits per heavy atom. The summed E-state index contributed by atoms with van der Waals surface area (Å²) in [5.74, 6) is -0.0722. The number of hydrogen-bond acceptors (Lipinski definition) is 2. The molecule has 2 heteroatoms. The fourth-order valence-corrected chi connectivity index (χ4v) is 0.775. The van der Waals surface area contributed by atoms with Crippen LogP contribution >= 0.6 is 0 Å². The average Bonchev–Trinajstić information content (AvgIpc) is 2.04. The molecule has 0 heterocycles. The summed E-state index contributed by atoms with van der Waals surface area (Å²) in [7, 11) is 0. The molecule has 0 unspecified atom stereocenters. The zero-order chi connectivity index (χ0) is 9.40. The topological polar surface area (TPSA) is 34.1 Å². The van der Waals surface area contributed by atoms with Crippen LogP contribution < -0.4 is 0 Å². The van der Waals surface area contributed by atoms with Gasteiger partial charge in [0, 0.05) is 12.0 Å². The van der Waals surface area contributed by atoms with Gasteiger partial charge in [0.1, 0.15) is 6.29 Å². The molecule has 0 rings (SSSR count). The van der Waals surface area contributed by atoms with E-state index >= 15 is 0 Å². The van der Waals surface area contributed by atoms with E-state index in [1.54, 1.807) is 6.08 Å². The van der Waals surface area contributed by atoms with Gasteiger partial charge in [-0.25, -0.2) is 0 Å². The molecule has 0 radical (unpaired) electrons. The van der Waals surface area contributed by atoms with Gasteiger partial charge in [0.15, 0.2) is 5.78 Å². The summed E-state index contributed by atoms with van der Waals surface area (Å²) >= 11 is 0. The van der Waals surface area contributed by atoms with E-state index < -0.39 is 0 Å². The van der Waals surface area contributed by atoms with Crippen molar-refractivity contribution in [2.45, 2.75) is 12.8 Å². The number of hydrogen-bond donors (Lipinski definition) is 0. The average molecular weight is 164 g/mol. The molecule has 12 heavy (non-hydrogen) atoms. The maximum atomic E-state index is 11.2. The van der Waals surface area contributed by atoms with Crippen molar-refractivity contribution in [3.63, 3.8) is 0 Å². The first-order valence-electron chi connectivity index (χ1n) is 3.65. The molecule has 0 aromatic heterocycles. The first-order valence-corrected chi connectivity index (χ1v) is 3.65. The summed E-state index contributed by atoms with van der Waals surface area (Å²) in [5, 5.41) is 0. The molecule has 0 aliphatic heterocycles. The lowest BCUT2D eigenvalue weighted by molar-refractivity contribution is -0.115. The second kappa shape index (κ2) is 6.28. The summed E-state index contributed by atoms with van der Waals surface area (Å²) in [6, 6.07) is 0. The smallest absolute Gasteiger partial charge is 0.163 e. The van der Waals surface area contributed by atoms with Crippen LogP contribution in [0.4, 0.5) is 0 Å². The molecule has 0 amide bonds. The van der Waals surface area contributed by atoms with Gasteiger partial charge in [0.05, 0.1) is 0 Å². The Kier molecular flexibility index (Phi) is 5.53.